The van der Waals surface area contributed by atoms with Gasteiger partial charge in [-0.3, -0.25) is 0 Å². The van der Waals surface area contributed by atoms with E-state index < -0.39 is 10.0 Å². The second kappa shape index (κ2) is 5.59. The maximum Gasteiger partial charge on any atom is 0.240 e. The lowest BCUT2D eigenvalue weighted by Crippen LogP contribution is -2.26. The van der Waals surface area contributed by atoms with Gasteiger partial charge < -0.3 is 10.3 Å². The highest BCUT2D eigenvalue weighted by Crippen LogP contribution is 2.16. The third kappa shape index (κ3) is 3.34. The standard InChI is InChI=1S/C12H16N4O3S/c1-8-7-10(3-4-11(8)13)20(17,18)14-6-5-12-15-9(2)19-16-12/h3-4,7,14H,5-6,13H2,1-2H3. The summed E-state index contributed by atoms with van der Waals surface area (Å²) >= 11 is 0. The van der Waals surface area contributed by atoms with Gasteiger partial charge >= 0.3 is 0 Å². The SMILES string of the molecule is Cc1nc(CCNS(=O)(=O)c2ccc(N)c(C)c2)no1. The predicted octanol–water partition coefficient (Wildman–Crippen LogP) is 0.790. The fourth-order valence-electron chi connectivity index (χ4n) is 1.64. The molecule has 1 aromatic heterocycles. The Morgan fingerprint density at radius 3 is 2.70 bits per heavy atom. The molecule has 0 spiro atoms. The Labute approximate surface area is 117 Å². The molecule has 7 nitrogen and oxygen atoms in total. The zero-order chi connectivity index (χ0) is 14.8. The van der Waals surface area contributed by atoms with Gasteiger partial charge in [-0.25, -0.2) is 13.1 Å². The number of rotatable bonds is 5. The molecule has 0 bridgehead atoms. The van der Waals surface area contributed by atoms with Gasteiger partial charge in [0.05, 0.1) is 4.90 Å². The zero-order valence-electron chi connectivity index (χ0n) is 11.3. The molecule has 0 radical (unpaired) electrons. The van der Waals surface area contributed by atoms with Crippen LogP contribution in [0.25, 0.3) is 0 Å². The van der Waals surface area contributed by atoms with Crippen LogP contribution in [0.3, 0.4) is 0 Å². The van der Waals surface area contributed by atoms with E-state index in [1.165, 1.54) is 12.1 Å². The van der Waals surface area contributed by atoms with Crippen molar-refractivity contribution in [3.05, 3.63) is 35.5 Å². The van der Waals surface area contributed by atoms with Crippen LogP contribution in [0.5, 0.6) is 0 Å². The molecule has 0 fully saturated rings. The minimum Gasteiger partial charge on any atom is -0.399 e. The number of benzene rings is 1. The molecule has 0 aliphatic heterocycles. The van der Waals surface area contributed by atoms with Crippen LogP contribution in [0.15, 0.2) is 27.6 Å². The number of anilines is 1. The monoisotopic (exact) mass is 296 g/mol. The molecule has 0 atom stereocenters. The largest absolute Gasteiger partial charge is 0.399 e. The number of aryl methyl sites for hydroxylation is 2. The molecule has 0 saturated carbocycles. The highest BCUT2D eigenvalue weighted by atomic mass is 32.2. The van der Waals surface area contributed by atoms with Crippen LogP contribution in [0.2, 0.25) is 0 Å². The van der Waals surface area contributed by atoms with Gasteiger partial charge in [-0.2, -0.15) is 4.98 Å². The van der Waals surface area contributed by atoms with Crippen LogP contribution in [-0.4, -0.2) is 25.1 Å². The predicted molar refractivity (Wildman–Crippen MR) is 73.5 cm³/mol. The van der Waals surface area contributed by atoms with E-state index in [1.54, 1.807) is 19.9 Å². The maximum absolute atomic E-state index is 12.1. The molecule has 0 saturated heterocycles. The number of nitrogens with one attached hydrogen (secondary N) is 1. The van der Waals surface area contributed by atoms with Crippen LogP contribution in [-0.2, 0) is 16.4 Å². The van der Waals surface area contributed by atoms with E-state index in [0.717, 1.165) is 5.56 Å². The van der Waals surface area contributed by atoms with Crippen molar-refractivity contribution in [2.75, 3.05) is 12.3 Å². The van der Waals surface area contributed by atoms with Crippen LogP contribution in [0, 0.1) is 13.8 Å². The summed E-state index contributed by atoms with van der Waals surface area (Å²) in [5, 5.41) is 3.70. The Bertz CT molecular complexity index is 709. The topological polar surface area (TPSA) is 111 Å². The van der Waals surface area contributed by atoms with Crippen molar-refractivity contribution in [3.63, 3.8) is 0 Å². The Morgan fingerprint density at radius 1 is 1.35 bits per heavy atom. The van der Waals surface area contributed by atoms with Crippen molar-refractivity contribution in [1.29, 1.82) is 0 Å². The number of aromatic nitrogens is 2. The van der Waals surface area contributed by atoms with E-state index in [-0.39, 0.29) is 11.4 Å². The number of hydrogen-bond donors (Lipinski definition) is 2. The van der Waals surface area contributed by atoms with Crippen LogP contribution in [0.1, 0.15) is 17.3 Å². The Balaban J connectivity index is 2.02. The summed E-state index contributed by atoms with van der Waals surface area (Å²) in [6.45, 7) is 3.64. The second-order valence-electron chi connectivity index (χ2n) is 4.40. The van der Waals surface area contributed by atoms with E-state index in [9.17, 15) is 8.42 Å². The Hall–Kier alpha value is -1.93. The molecule has 2 rings (SSSR count). The smallest absolute Gasteiger partial charge is 0.240 e. The van der Waals surface area contributed by atoms with Crippen molar-refractivity contribution in [2.45, 2.75) is 25.2 Å². The van der Waals surface area contributed by atoms with Crippen molar-refractivity contribution >= 4 is 15.7 Å². The molecule has 3 N–H and O–H groups in total. The van der Waals surface area contributed by atoms with Crippen molar-refractivity contribution in [1.82, 2.24) is 14.9 Å². The summed E-state index contributed by atoms with van der Waals surface area (Å²) in [5.41, 5.74) is 6.95. The van der Waals surface area contributed by atoms with Crippen molar-refractivity contribution in [2.24, 2.45) is 0 Å². The first-order chi connectivity index (χ1) is 9.38. The highest BCUT2D eigenvalue weighted by molar-refractivity contribution is 7.89. The van der Waals surface area contributed by atoms with Gasteiger partial charge in [0.2, 0.25) is 15.9 Å². The molecule has 2 aromatic rings. The number of nitrogen functional groups attached to an aromatic ring is 1. The fourth-order valence-corrected chi connectivity index (χ4v) is 2.76. The van der Waals surface area contributed by atoms with Gasteiger partial charge in [0, 0.05) is 25.6 Å². The molecule has 0 aliphatic carbocycles. The first-order valence-electron chi connectivity index (χ1n) is 6.03. The Morgan fingerprint density at radius 2 is 2.10 bits per heavy atom. The summed E-state index contributed by atoms with van der Waals surface area (Å²) in [5.74, 6) is 0.927. The summed E-state index contributed by atoms with van der Waals surface area (Å²) in [7, 11) is -3.55. The summed E-state index contributed by atoms with van der Waals surface area (Å²) in [4.78, 5) is 4.19. The first kappa shape index (κ1) is 14.5. The minimum atomic E-state index is -3.55. The summed E-state index contributed by atoms with van der Waals surface area (Å²) in [6.07, 6.45) is 0.366. The van der Waals surface area contributed by atoms with Crippen LogP contribution < -0.4 is 10.5 Å². The van der Waals surface area contributed by atoms with E-state index in [1.807, 2.05) is 0 Å². The average Bonchev–Trinajstić information content (AvgIpc) is 2.78. The number of nitrogens with two attached hydrogens (primary N) is 1. The molecular formula is C12H16N4O3S. The average molecular weight is 296 g/mol. The molecule has 0 aliphatic rings. The summed E-state index contributed by atoms with van der Waals surface area (Å²) in [6, 6.07) is 4.59. The lowest BCUT2D eigenvalue weighted by molar-refractivity contribution is 0.387. The van der Waals surface area contributed by atoms with Gasteiger partial charge in [0.25, 0.3) is 0 Å². The van der Waals surface area contributed by atoms with Gasteiger partial charge in [-0.1, -0.05) is 5.16 Å². The minimum absolute atomic E-state index is 0.188. The number of hydrogen-bond acceptors (Lipinski definition) is 6. The van der Waals surface area contributed by atoms with Crippen LogP contribution in [0.4, 0.5) is 5.69 Å². The molecule has 108 valence electrons. The molecule has 1 heterocycles. The van der Waals surface area contributed by atoms with E-state index in [0.29, 0.717) is 23.8 Å². The molecule has 8 heteroatoms. The quantitative estimate of drug-likeness (QED) is 0.789. The molecule has 20 heavy (non-hydrogen) atoms. The van der Waals surface area contributed by atoms with Gasteiger partial charge in [0.1, 0.15) is 0 Å². The van der Waals surface area contributed by atoms with E-state index in [4.69, 9.17) is 10.3 Å². The molecule has 0 amide bonds. The van der Waals surface area contributed by atoms with Gasteiger partial charge in [-0.05, 0) is 30.7 Å². The highest BCUT2D eigenvalue weighted by Gasteiger charge is 2.14. The van der Waals surface area contributed by atoms with E-state index >= 15 is 0 Å². The Kier molecular flexibility index (Phi) is 4.05. The zero-order valence-corrected chi connectivity index (χ0v) is 12.1. The molecular weight excluding hydrogens is 280 g/mol. The van der Waals surface area contributed by atoms with E-state index in [2.05, 4.69) is 14.9 Å². The van der Waals surface area contributed by atoms with Gasteiger partial charge in [0.15, 0.2) is 5.82 Å². The third-order valence-electron chi connectivity index (χ3n) is 2.76. The summed E-state index contributed by atoms with van der Waals surface area (Å²) < 4.78 is 31.4. The normalized spacial score (nSPS) is 11.7. The first-order valence-corrected chi connectivity index (χ1v) is 7.52. The maximum atomic E-state index is 12.1. The van der Waals surface area contributed by atoms with Crippen LogP contribution >= 0.6 is 0 Å². The second-order valence-corrected chi connectivity index (χ2v) is 6.16. The molecule has 0 unspecified atom stereocenters. The lowest BCUT2D eigenvalue weighted by atomic mass is 10.2. The van der Waals surface area contributed by atoms with Crippen molar-refractivity contribution < 1.29 is 12.9 Å². The van der Waals surface area contributed by atoms with Gasteiger partial charge in [-0.15, -0.1) is 0 Å². The lowest BCUT2D eigenvalue weighted by Gasteiger charge is -2.07. The number of sulfonamides is 1. The number of nitrogens with zero attached hydrogens (tertiary/aromatic N) is 2. The van der Waals surface area contributed by atoms with Crippen molar-refractivity contribution in [3.8, 4) is 0 Å². The molecule has 1 aromatic carbocycles. The fraction of sp³-hybridized carbons (Fsp3) is 0.333. The third-order valence-corrected chi connectivity index (χ3v) is 4.22.